The zero-order valence-corrected chi connectivity index (χ0v) is 7.89. The summed E-state index contributed by atoms with van der Waals surface area (Å²) in [6, 6.07) is 5.37. The molecule has 0 saturated carbocycles. The number of nitrogens with one attached hydrogen (secondary N) is 1. The molecule has 0 radical (unpaired) electrons. The van der Waals surface area contributed by atoms with E-state index in [1.54, 1.807) is 6.07 Å². The van der Waals surface area contributed by atoms with Crippen molar-refractivity contribution in [1.29, 1.82) is 0 Å². The number of amides is 1. The number of hydrogen-bond acceptors (Lipinski definition) is 3. The van der Waals surface area contributed by atoms with Gasteiger partial charge in [0.1, 0.15) is 5.82 Å². The lowest BCUT2D eigenvalue weighted by Crippen LogP contribution is -2.28. The lowest BCUT2D eigenvalue weighted by atomic mass is 10.4. The lowest BCUT2D eigenvalue weighted by molar-refractivity contribution is -0.111. The molecule has 0 aliphatic carbocycles. The quantitative estimate of drug-likeness (QED) is 0.644. The molecule has 1 aromatic heterocycles. The first-order chi connectivity index (χ1) is 6.09. The fraction of sp³-hybridized carbons (Fsp3) is 0.125. The number of primary amides is 1. The number of pyridine rings is 1. The number of carbonyl (C=O) groups excluding carboxylic acids is 1. The first kappa shape index (κ1) is 9.60. The topological polar surface area (TPSA) is 68.0 Å². The van der Waals surface area contributed by atoms with Crippen LogP contribution in [0, 0.1) is 6.92 Å². The van der Waals surface area contributed by atoms with Crippen LogP contribution in [0.15, 0.2) is 18.2 Å². The molecule has 0 aromatic carbocycles. The summed E-state index contributed by atoms with van der Waals surface area (Å²) in [6.07, 6.45) is 0. The number of nitrogens with zero attached hydrogens (tertiary/aromatic N) is 1. The molecule has 0 aliphatic heterocycles. The third kappa shape index (κ3) is 2.79. The molecule has 1 amide bonds. The zero-order chi connectivity index (χ0) is 9.84. The molecule has 0 bridgehead atoms. The lowest BCUT2D eigenvalue weighted by Gasteiger charge is -2.03. The molecule has 0 unspecified atom stereocenters. The molecule has 0 fully saturated rings. The molecule has 0 spiro atoms. The van der Waals surface area contributed by atoms with Crippen LogP contribution in [-0.4, -0.2) is 15.9 Å². The van der Waals surface area contributed by atoms with Crippen molar-refractivity contribution >= 4 is 28.9 Å². The first-order valence-corrected chi connectivity index (χ1v) is 4.05. The maximum absolute atomic E-state index is 10.6. The van der Waals surface area contributed by atoms with E-state index >= 15 is 0 Å². The number of hydrogen-bond donors (Lipinski definition) is 2. The standard InChI is InChI=1S/C8H9N3OS/c1-5-3-2-4-6(10-5)11-8(13)7(9)12/h2-4H,1H3,(H2,9,12)(H,10,11,13). The number of aryl methyl sites for hydroxylation is 1. The molecule has 4 nitrogen and oxygen atoms in total. The molecule has 0 saturated heterocycles. The molecule has 3 N–H and O–H groups in total. The Labute approximate surface area is 81.2 Å². The minimum atomic E-state index is -0.654. The van der Waals surface area contributed by atoms with E-state index in [9.17, 15) is 4.79 Å². The Morgan fingerprint density at radius 1 is 1.62 bits per heavy atom. The molecule has 1 heterocycles. The van der Waals surface area contributed by atoms with Crippen molar-refractivity contribution in [2.45, 2.75) is 6.92 Å². The van der Waals surface area contributed by atoms with Gasteiger partial charge in [0.25, 0.3) is 5.91 Å². The van der Waals surface area contributed by atoms with Crippen LogP contribution < -0.4 is 11.1 Å². The van der Waals surface area contributed by atoms with E-state index in [4.69, 9.17) is 5.73 Å². The third-order valence-corrected chi connectivity index (χ3v) is 1.66. The molecular formula is C8H9N3OS. The SMILES string of the molecule is Cc1cccc(NC(=S)C(N)=O)n1. The summed E-state index contributed by atoms with van der Waals surface area (Å²) in [6.45, 7) is 1.85. The summed E-state index contributed by atoms with van der Waals surface area (Å²) in [7, 11) is 0. The normalized spacial score (nSPS) is 9.31. The molecule has 13 heavy (non-hydrogen) atoms. The van der Waals surface area contributed by atoms with Crippen molar-refractivity contribution < 1.29 is 4.79 Å². The minimum absolute atomic E-state index is 0.0295. The van der Waals surface area contributed by atoms with Gasteiger partial charge in [0.2, 0.25) is 0 Å². The van der Waals surface area contributed by atoms with Gasteiger partial charge in [0, 0.05) is 5.69 Å². The Hall–Kier alpha value is -1.49. The van der Waals surface area contributed by atoms with Crippen LogP contribution in [0.4, 0.5) is 5.82 Å². The number of carbonyl (C=O) groups is 1. The van der Waals surface area contributed by atoms with Crippen LogP contribution in [0.1, 0.15) is 5.69 Å². The van der Waals surface area contributed by atoms with Crippen molar-refractivity contribution in [3.05, 3.63) is 23.9 Å². The average Bonchev–Trinajstić information content (AvgIpc) is 2.04. The predicted molar refractivity (Wildman–Crippen MR) is 54.4 cm³/mol. The van der Waals surface area contributed by atoms with Crippen LogP contribution in [0.5, 0.6) is 0 Å². The molecule has 1 rings (SSSR count). The Balaban J connectivity index is 2.75. The van der Waals surface area contributed by atoms with Gasteiger partial charge in [-0.05, 0) is 19.1 Å². The zero-order valence-electron chi connectivity index (χ0n) is 7.07. The van der Waals surface area contributed by atoms with Crippen LogP contribution >= 0.6 is 12.2 Å². The summed E-state index contributed by atoms with van der Waals surface area (Å²) < 4.78 is 0. The molecule has 0 atom stereocenters. The van der Waals surface area contributed by atoms with Gasteiger partial charge < -0.3 is 11.1 Å². The second-order valence-corrected chi connectivity index (χ2v) is 2.89. The smallest absolute Gasteiger partial charge is 0.276 e. The number of aromatic nitrogens is 1. The number of nitrogens with two attached hydrogens (primary N) is 1. The van der Waals surface area contributed by atoms with E-state index in [0.717, 1.165) is 5.69 Å². The Morgan fingerprint density at radius 3 is 2.85 bits per heavy atom. The van der Waals surface area contributed by atoms with Crippen LogP contribution in [0.3, 0.4) is 0 Å². The van der Waals surface area contributed by atoms with Gasteiger partial charge in [0.15, 0.2) is 4.99 Å². The molecule has 0 aliphatic rings. The van der Waals surface area contributed by atoms with Crippen LogP contribution in [-0.2, 0) is 4.79 Å². The van der Waals surface area contributed by atoms with Crippen molar-refractivity contribution in [3.8, 4) is 0 Å². The van der Waals surface area contributed by atoms with Crippen molar-refractivity contribution in [1.82, 2.24) is 4.98 Å². The summed E-state index contributed by atoms with van der Waals surface area (Å²) in [5.74, 6) is -0.123. The second-order valence-electron chi connectivity index (χ2n) is 2.48. The Kier molecular flexibility index (Phi) is 2.92. The Bertz CT molecular complexity index is 351. The largest absolute Gasteiger partial charge is 0.364 e. The van der Waals surface area contributed by atoms with Gasteiger partial charge in [-0.25, -0.2) is 4.98 Å². The number of thiocarbonyl (C=S) groups is 1. The van der Waals surface area contributed by atoms with Crippen molar-refractivity contribution in [2.24, 2.45) is 5.73 Å². The van der Waals surface area contributed by atoms with Crippen LogP contribution in [0.2, 0.25) is 0 Å². The number of anilines is 1. The van der Waals surface area contributed by atoms with E-state index < -0.39 is 5.91 Å². The first-order valence-electron chi connectivity index (χ1n) is 3.64. The maximum atomic E-state index is 10.6. The third-order valence-electron chi connectivity index (χ3n) is 1.35. The highest BCUT2D eigenvalue weighted by Crippen LogP contribution is 2.03. The molecule has 1 aromatic rings. The summed E-state index contributed by atoms with van der Waals surface area (Å²) in [5.41, 5.74) is 5.80. The highest BCUT2D eigenvalue weighted by atomic mass is 32.1. The maximum Gasteiger partial charge on any atom is 0.276 e. The van der Waals surface area contributed by atoms with Gasteiger partial charge in [-0.3, -0.25) is 4.79 Å². The van der Waals surface area contributed by atoms with E-state index in [2.05, 4.69) is 22.5 Å². The monoisotopic (exact) mass is 195 g/mol. The highest BCUT2D eigenvalue weighted by Gasteiger charge is 2.03. The molecule has 68 valence electrons. The highest BCUT2D eigenvalue weighted by molar-refractivity contribution is 7.82. The van der Waals surface area contributed by atoms with Gasteiger partial charge in [-0.1, -0.05) is 18.3 Å². The Morgan fingerprint density at radius 2 is 2.31 bits per heavy atom. The van der Waals surface area contributed by atoms with E-state index in [-0.39, 0.29) is 4.99 Å². The fourth-order valence-electron chi connectivity index (χ4n) is 0.791. The van der Waals surface area contributed by atoms with Gasteiger partial charge in [0.05, 0.1) is 0 Å². The van der Waals surface area contributed by atoms with Crippen molar-refractivity contribution in [3.63, 3.8) is 0 Å². The predicted octanol–water partition coefficient (Wildman–Crippen LogP) is 0.615. The number of rotatable bonds is 1. The molecular weight excluding hydrogens is 186 g/mol. The van der Waals surface area contributed by atoms with E-state index in [1.165, 1.54) is 0 Å². The fourth-order valence-corrected chi connectivity index (χ4v) is 0.895. The summed E-state index contributed by atoms with van der Waals surface area (Å²) in [5, 5.41) is 2.63. The van der Waals surface area contributed by atoms with Crippen molar-refractivity contribution in [2.75, 3.05) is 5.32 Å². The summed E-state index contributed by atoms with van der Waals surface area (Å²) >= 11 is 4.68. The van der Waals surface area contributed by atoms with E-state index in [0.29, 0.717) is 5.82 Å². The van der Waals surface area contributed by atoms with E-state index in [1.807, 2.05) is 19.1 Å². The van der Waals surface area contributed by atoms with Gasteiger partial charge >= 0.3 is 0 Å². The molecule has 5 heteroatoms. The van der Waals surface area contributed by atoms with Gasteiger partial charge in [-0.15, -0.1) is 0 Å². The van der Waals surface area contributed by atoms with Gasteiger partial charge in [-0.2, -0.15) is 0 Å². The average molecular weight is 195 g/mol. The summed E-state index contributed by atoms with van der Waals surface area (Å²) in [4.78, 5) is 14.6. The minimum Gasteiger partial charge on any atom is -0.364 e. The van der Waals surface area contributed by atoms with Crippen LogP contribution in [0.25, 0.3) is 0 Å². The second kappa shape index (κ2) is 3.95.